The van der Waals surface area contributed by atoms with Gasteiger partial charge in [-0.05, 0) is 17.0 Å². The normalized spacial score (nSPS) is 14.1. The van der Waals surface area contributed by atoms with Crippen LogP contribution in [0.25, 0.3) is 10.6 Å². The van der Waals surface area contributed by atoms with Crippen molar-refractivity contribution in [1.82, 2.24) is 9.99 Å². The van der Waals surface area contributed by atoms with Gasteiger partial charge in [0.1, 0.15) is 5.71 Å². The molecule has 4 rings (SSSR count). The first-order chi connectivity index (χ1) is 13.2. The number of thiophene rings is 1. The van der Waals surface area contributed by atoms with E-state index in [-0.39, 0.29) is 18.2 Å². The predicted octanol–water partition coefficient (Wildman–Crippen LogP) is 3.99. The van der Waals surface area contributed by atoms with Crippen LogP contribution in [0, 0.1) is 0 Å². The molecule has 0 radical (unpaired) electrons. The molecule has 1 N–H and O–H groups in total. The van der Waals surface area contributed by atoms with Gasteiger partial charge in [0, 0.05) is 18.2 Å². The van der Waals surface area contributed by atoms with Crippen LogP contribution >= 0.6 is 22.7 Å². The topological polar surface area (TPSA) is 74.7 Å². The minimum absolute atomic E-state index is 0.0790. The van der Waals surface area contributed by atoms with E-state index in [2.05, 4.69) is 15.4 Å². The molecule has 0 spiro atoms. The summed E-state index contributed by atoms with van der Waals surface area (Å²) in [5.74, 6) is -0.391. The zero-order valence-corrected chi connectivity index (χ0v) is 15.9. The second kappa shape index (κ2) is 7.81. The van der Waals surface area contributed by atoms with E-state index in [1.54, 1.807) is 11.3 Å². The molecule has 6 nitrogen and oxygen atoms in total. The van der Waals surface area contributed by atoms with Gasteiger partial charge >= 0.3 is 0 Å². The average Bonchev–Trinajstić information content (AvgIpc) is 3.36. The van der Waals surface area contributed by atoms with Gasteiger partial charge in [-0.1, -0.05) is 36.4 Å². The second-order valence-electron chi connectivity index (χ2n) is 5.95. The maximum Gasteiger partial charge on any atom is 0.273 e. The lowest BCUT2D eigenvalue weighted by molar-refractivity contribution is -0.132. The minimum atomic E-state index is -0.312. The Labute approximate surface area is 164 Å². The van der Waals surface area contributed by atoms with E-state index in [1.165, 1.54) is 16.3 Å². The number of anilines is 1. The maximum absolute atomic E-state index is 12.6. The van der Waals surface area contributed by atoms with E-state index >= 15 is 0 Å². The number of hydrazone groups is 1. The van der Waals surface area contributed by atoms with E-state index in [4.69, 9.17) is 0 Å². The number of aromatic nitrogens is 1. The molecule has 0 aliphatic carbocycles. The molecule has 0 bridgehead atoms. The predicted molar refractivity (Wildman–Crippen MR) is 108 cm³/mol. The molecular weight excluding hydrogens is 380 g/mol. The number of benzene rings is 1. The summed E-state index contributed by atoms with van der Waals surface area (Å²) in [4.78, 5) is 30.2. The van der Waals surface area contributed by atoms with Crippen molar-refractivity contribution in [3.8, 4) is 10.6 Å². The quantitative estimate of drug-likeness (QED) is 0.709. The van der Waals surface area contributed by atoms with Crippen molar-refractivity contribution < 1.29 is 9.59 Å². The Morgan fingerprint density at radius 3 is 2.74 bits per heavy atom. The molecule has 0 saturated heterocycles. The standard InChI is InChI=1S/C19H16N4O2S2/c24-17-9-8-14(22-23(17)11-13-5-2-1-3-6-13)18(25)21-19-20-15(12-27-19)16-7-4-10-26-16/h1-7,10,12H,8-9,11H2,(H,20,21,25). The van der Waals surface area contributed by atoms with Crippen LogP contribution in [0.4, 0.5) is 5.13 Å². The van der Waals surface area contributed by atoms with Crippen molar-refractivity contribution in [3.63, 3.8) is 0 Å². The minimum Gasteiger partial charge on any atom is -0.297 e. The fraction of sp³-hybridized carbons (Fsp3) is 0.158. The van der Waals surface area contributed by atoms with E-state index in [0.717, 1.165) is 16.1 Å². The molecule has 8 heteroatoms. The van der Waals surface area contributed by atoms with Gasteiger partial charge in [-0.2, -0.15) is 5.10 Å². The van der Waals surface area contributed by atoms with Gasteiger partial charge in [-0.15, -0.1) is 22.7 Å². The summed E-state index contributed by atoms with van der Waals surface area (Å²) in [6.45, 7) is 0.357. The Morgan fingerprint density at radius 1 is 1.11 bits per heavy atom. The number of hydrogen-bond donors (Lipinski definition) is 1. The molecule has 3 aromatic rings. The van der Waals surface area contributed by atoms with E-state index in [1.807, 2.05) is 53.2 Å². The number of rotatable bonds is 5. The summed E-state index contributed by atoms with van der Waals surface area (Å²) in [7, 11) is 0. The first-order valence-corrected chi connectivity index (χ1v) is 10.2. The summed E-state index contributed by atoms with van der Waals surface area (Å²) >= 11 is 2.97. The molecule has 3 heterocycles. The monoisotopic (exact) mass is 396 g/mol. The van der Waals surface area contributed by atoms with Crippen LogP contribution in [0.2, 0.25) is 0 Å². The molecule has 0 saturated carbocycles. The second-order valence-corrected chi connectivity index (χ2v) is 7.76. The highest BCUT2D eigenvalue weighted by Crippen LogP contribution is 2.28. The van der Waals surface area contributed by atoms with Crippen LogP contribution in [0.3, 0.4) is 0 Å². The van der Waals surface area contributed by atoms with Crippen molar-refractivity contribution in [3.05, 3.63) is 58.8 Å². The molecule has 1 aliphatic heterocycles. The molecular formula is C19H16N4O2S2. The number of carbonyl (C=O) groups excluding carboxylic acids is 2. The molecule has 27 heavy (non-hydrogen) atoms. The highest BCUT2D eigenvalue weighted by atomic mass is 32.1. The number of amides is 2. The van der Waals surface area contributed by atoms with Crippen LogP contribution in [0.1, 0.15) is 18.4 Å². The van der Waals surface area contributed by atoms with Gasteiger partial charge in [0.25, 0.3) is 5.91 Å². The van der Waals surface area contributed by atoms with Crippen molar-refractivity contribution >= 4 is 45.3 Å². The highest BCUT2D eigenvalue weighted by molar-refractivity contribution is 7.16. The molecule has 1 aromatic carbocycles. The smallest absolute Gasteiger partial charge is 0.273 e. The Hall–Kier alpha value is -2.84. The Bertz CT molecular complexity index is 980. The van der Waals surface area contributed by atoms with E-state index in [9.17, 15) is 9.59 Å². The number of thiazole rings is 1. The van der Waals surface area contributed by atoms with Gasteiger partial charge in [0.05, 0.1) is 17.1 Å². The fourth-order valence-corrected chi connectivity index (χ4v) is 4.15. The summed E-state index contributed by atoms with van der Waals surface area (Å²) in [5, 5.41) is 12.9. The largest absolute Gasteiger partial charge is 0.297 e. The van der Waals surface area contributed by atoms with Gasteiger partial charge in [0.2, 0.25) is 5.91 Å². The summed E-state index contributed by atoms with van der Waals surface area (Å²) in [6.07, 6.45) is 0.608. The van der Waals surface area contributed by atoms with Gasteiger partial charge in [0.15, 0.2) is 5.13 Å². The maximum atomic E-state index is 12.6. The third kappa shape index (κ3) is 4.12. The van der Waals surface area contributed by atoms with Crippen molar-refractivity contribution in [2.75, 3.05) is 5.32 Å². The molecule has 2 amide bonds. The number of hydrogen-bond acceptors (Lipinski definition) is 6. The molecule has 0 atom stereocenters. The molecule has 136 valence electrons. The highest BCUT2D eigenvalue weighted by Gasteiger charge is 2.25. The number of nitrogens with zero attached hydrogens (tertiary/aromatic N) is 3. The number of carbonyl (C=O) groups is 2. The third-order valence-corrected chi connectivity index (χ3v) is 5.69. The SMILES string of the molecule is O=C(Nc1nc(-c2cccs2)cs1)C1=NN(Cc2ccccc2)C(=O)CC1. The zero-order valence-electron chi connectivity index (χ0n) is 14.3. The fourth-order valence-electron chi connectivity index (χ4n) is 2.68. The van der Waals surface area contributed by atoms with Crippen LogP contribution in [0.5, 0.6) is 0 Å². The zero-order chi connectivity index (χ0) is 18.6. The lowest BCUT2D eigenvalue weighted by Crippen LogP contribution is -2.36. The molecule has 1 aliphatic rings. The average molecular weight is 396 g/mol. The summed E-state index contributed by atoms with van der Waals surface area (Å²) in [5.41, 5.74) is 2.16. The van der Waals surface area contributed by atoms with Crippen LogP contribution in [-0.2, 0) is 16.1 Å². The Balaban J connectivity index is 1.46. The molecule has 0 unspecified atom stereocenters. The third-order valence-electron chi connectivity index (χ3n) is 4.04. The van der Waals surface area contributed by atoms with Gasteiger partial charge in [-0.3, -0.25) is 14.9 Å². The Kier molecular flexibility index (Phi) is 5.08. The lowest BCUT2D eigenvalue weighted by Gasteiger charge is -2.23. The van der Waals surface area contributed by atoms with Crippen LogP contribution < -0.4 is 5.32 Å². The lowest BCUT2D eigenvalue weighted by atomic mass is 10.1. The number of nitrogens with one attached hydrogen (secondary N) is 1. The van der Waals surface area contributed by atoms with Crippen molar-refractivity contribution in [2.45, 2.75) is 19.4 Å². The first-order valence-electron chi connectivity index (χ1n) is 8.41. The van der Waals surface area contributed by atoms with Gasteiger partial charge < -0.3 is 0 Å². The van der Waals surface area contributed by atoms with Crippen LogP contribution in [0.15, 0.2) is 58.3 Å². The van der Waals surface area contributed by atoms with Crippen molar-refractivity contribution in [2.24, 2.45) is 5.10 Å². The van der Waals surface area contributed by atoms with Gasteiger partial charge in [-0.25, -0.2) is 9.99 Å². The van der Waals surface area contributed by atoms with Crippen molar-refractivity contribution in [1.29, 1.82) is 0 Å². The van der Waals surface area contributed by atoms with E-state index in [0.29, 0.717) is 23.8 Å². The molecule has 0 fully saturated rings. The molecule has 2 aromatic heterocycles. The summed E-state index contributed by atoms with van der Waals surface area (Å²) in [6, 6.07) is 13.6. The summed E-state index contributed by atoms with van der Waals surface area (Å²) < 4.78 is 0. The van der Waals surface area contributed by atoms with Crippen LogP contribution in [-0.4, -0.2) is 27.5 Å². The van der Waals surface area contributed by atoms with E-state index < -0.39 is 0 Å². The first kappa shape index (κ1) is 17.6. The Morgan fingerprint density at radius 2 is 1.96 bits per heavy atom.